The maximum absolute atomic E-state index is 11.3. The van der Waals surface area contributed by atoms with Crippen molar-refractivity contribution in [3.63, 3.8) is 0 Å². The largest absolute Gasteiger partial charge is 0.441 e. The predicted octanol–water partition coefficient (Wildman–Crippen LogP) is 0.804. The minimum atomic E-state index is -0.977. The van der Waals surface area contributed by atoms with Gasteiger partial charge in [-0.05, 0) is 18.2 Å². The summed E-state index contributed by atoms with van der Waals surface area (Å²) in [6.45, 7) is 1.70. The van der Waals surface area contributed by atoms with Crippen molar-refractivity contribution in [2.75, 3.05) is 0 Å². The third kappa shape index (κ3) is 1.59. The molecule has 0 saturated heterocycles. The highest BCUT2D eigenvalue weighted by Gasteiger charge is 2.13. The van der Waals surface area contributed by atoms with Gasteiger partial charge in [0, 0.05) is 12.5 Å². The van der Waals surface area contributed by atoms with Crippen LogP contribution in [0.5, 0.6) is 0 Å². The van der Waals surface area contributed by atoms with E-state index in [2.05, 4.69) is 4.98 Å². The van der Waals surface area contributed by atoms with Crippen LogP contribution >= 0.6 is 0 Å². The van der Waals surface area contributed by atoms with Crippen molar-refractivity contribution >= 4 is 22.8 Å². The van der Waals surface area contributed by atoms with Gasteiger partial charge >= 0.3 is 0 Å². The average molecular weight is 204 g/mol. The van der Waals surface area contributed by atoms with Crippen molar-refractivity contribution in [2.24, 2.45) is 5.73 Å². The Kier molecular flexibility index (Phi) is 2.00. The molecule has 0 aliphatic carbocycles. The number of oxazole rings is 1. The van der Waals surface area contributed by atoms with Gasteiger partial charge < -0.3 is 10.2 Å². The number of fused-ring (bicyclic) bond motifs is 1. The van der Waals surface area contributed by atoms with E-state index in [1.54, 1.807) is 13.0 Å². The summed E-state index contributed by atoms with van der Waals surface area (Å²) >= 11 is 0. The van der Waals surface area contributed by atoms with Crippen LogP contribution in [0.25, 0.3) is 11.1 Å². The van der Waals surface area contributed by atoms with Gasteiger partial charge in [0.15, 0.2) is 11.5 Å². The molecule has 1 heterocycles. The zero-order valence-corrected chi connectivity index (χ0v) is 7.98. The van der Waals surface area contributed by atoms with Gasteiger partial charge in [0.2, 0.25) is 5.78 Å². The minimum absolute atomic E-state index is 0.225. The summed E-state index contributed by atoms with van der Waals surface area (Å²) in [5.74, 6) is -1.19. The van der Waals surface area contributed by atoms with Crippen LogP contribution < -0.4 is 5.73 Å². The second kappa shape index (κ2) is 3.20. The van der Waals surface area contributed by atoms with E-state index in [1.165, 1.54) is 12.1 Å². The summed E-state index contributed by atoms with van der Waals surface area (Å²) in [4.78, 5) is 26.0. The highest BCUT2D eigenvalue weighted by atomic mass is 16.3. The summed E-state index contributed by atoms with van der Waals surface area (Å²) in [5.41, 5.74) is 6.23. The molecule has 0 fully saturated rings. The van der Waals surface area contributed by atoms with E-state index < -0.39 is 11.7 Å². The van der Waals surface area contributed by atoms with Gasteiger partial charge in [-0.2, -0.15) is 0 Å². The SMILES string of the molecule is Cc1nc2cc(C(=O)C(N)=O)ccc2o1. The number of aryl methyl sites for hydroxylation is 1. The zero-order valence-electron chi connectivity index (χ0n) is 7.98. The molecule has 2 N–H and O–H groups in total. The topological polar surface area (TPSA) is 86.2 Å². The van der Waals surface area contributed by atoms with Gasteiger partial charge in [0.25, 0.3) is 5.91 Å². The Morgan fingerprint density at radius 2 is 2.13 bits per heavy atom. The van der Waals surface area contributed by atoms with E-state index in [1.807, 2.05) is 0 Å². The number of benzene rings is 1. The van der Waals surface area contributed by atoms with Crippen molar-refractivity contribution in [3.8, 4) is 0 Å². The molecule has 5 heteroatoms. The first-order chi connectivity index (χ1) is 7.08. The first-order valence-electron chi connectivity index (χ1n) is 4.29. The first kappa shape index (κ1) is 9.39. The lowest BCUT2D eigenvalue weighted by Gasteiger charge is -1.94. The Morgan fingerprint density at radius 1 is 1.40 bits per heavy atom. The maximum atomic E-state index is 11.3. The lowest BCUT2D eigenvalue weighted by Crippen LogP contribution is -2.22. The molecule has 15 heavy (non-hydrogen) atoms. The smallest absolute Gasteiger partial charge is 0.289 e. The summed E-state index contributed by atoms with van der Waals surface area (Å²) in [6.07, 6.45) is 0. The molecule has 5 nitrogen and oxygen atoms in total. The molecule has 0 spiro atoms. The number of hydrogen-bond donors (Lipinski definition) is 1. The van der Waals surface area contributed by atoms with Crippen LogP contribution in [0.4, 0.5) is 0 Å². The molecular weight excluding hydrogens is 196 g/mol. The van der Waals surface area contributed by atoms with E-state index in [9.17, 15) is 9.59 Å². The standard InChI is InChI=1S/C10H8N2O3/c1-5-12-7-4-6(9(13)10(11)14)2-3-8(7)15-5/h2-4H,1H3,(H2,11,14). The Hall–Kier alpha value is -2.17. The molecule has 0 bridgehead atoms. The normalized spacial score (nSPS) is 10.5. The Balaban J connectivity index is 2.55. The summed E-state index contributed by atoms with van der Waals surface area (Å²) in [5, 5.41) is 0. The second-order valence-corrected chi connectivity index (χ2v) is 3.11. The summed E-state index contributed by atoms with van der Waals surface area (Å²) in [6, 6.07) is 4.56. The van der Waals surface area contributed by atoms with Crippen molar-refractivity contribution in [1.29, 1.82) is 0 Å². The molecule has 0 radical (unpaired) electrons. The van der Waals surface area contributed by atoms with Crippen molar-refractivity contribution in [3.05, 3.63) is 29.7 Å². The molecule has 0 aliphatic heterocycles. The van der Waals surface area contributed by atoms with Crippen LogP contribution in [0.2, 0.25) is 0 Å². The molecule has 1 aromatic carbocycles. The number of carbonyl (C=O) groups excluding carboxylic acids is 2. The Bertz CT molecular complexity index is 557. The molecule has 0 unspecified atom stereocenters. The number of amides is 1. The number of primary amides is 1. The highest BCUT2D eigenvalue weighted by Crippen LogP contribution is 2.16. The minimum Gasteiger partial charge on any atom is -0.441 e. The zero-order chi connectivity index (χ0) is 11.0. The number of nitrogens with two attached hydrogens (primary N) is 1. The van der Waals surface area contributed by atoms with Crippen LogP contribution in [0.15, 0.2) is 22.6 Å². The second-order valence-electron chi connectivity index (χ2n) is 3.11. The number of aromatic nitrogens is 1. The number of ketones is 1. The Labute approximate surface area is 84.9 Å². The quantitative estimate of drug-likeness (QED) is 0.579. The van der Waals surface area contributed by atoms with E-state index in [-0.39, 0.29) is 5.56 Å². The number of carbonyl (C=O) groups is 2. The number of nitrogens with zero attached hydrogens (tertiary/aromatic N) is 1. The van der Waals surface area contributed by atoms with Crippen LogP contribution in [0.3, 0.4) is 0 Å². The van der Waals surface area contributed by atoms with Crippen LogP contribution in [0, 0.1) is 6.92 Å². The fraction of sp³-hybridized carbons (Fsp3) is 0.100. The molecule has 1 amide bonds. The third-order valence-electron chi connectivity index (χ3n) is 1.98. The van der Waals surface area contributed by atoms with Crippen LogP contribution in [-0.4, -0.2) is 16.7 Å². The molecule has 0 atom stereocenters. The molecular formula is C10H8N2O3. The average Bonchev–Trinajstić information content (AvgIpc) is 2.55. The molecule has 0 aliphatic rings. The van der Waals surface area contributed by atoms with Gasteiger partial charge in [0.05, 0.1) is 0 Å². The predicted molar refractivity (Wildman–Crippen MR) is 52.3 cm³/mol. The van der Waals surface area contributed by atoms with Gasteiger partial charge in [-0.3, -0.25) is 9.59 Å². The number of hydrogen-bond acceptors (Lipinski definition) is 4. The van der Waals surface area contributed by atoms with Crippen LogP contribution in [-0.2, 0) is 4.79 Å². The van der Waals surface area contributed by atoms with E-state index in [0.29, 0.717) is 17.0 Å². The molecule has 76 valence electrons. The first-order valence-corrected chi connectivity index (χ1v) is 4.29. The number of rotatable bonds is 2. The van der Waals surface area contributed by atoms with Gasteiger partial charge in [-0.15, -0.1) is 0 Å². The van der Waals surface area contributed by atoms with E-state index in [0.717, 1.165) is 0 Å². The van der Waals surface area contributed by atoms with Gasteiger partial charge in [0.1, 0.15) is 5.52 Å². The monoisotopic (exact) mass is 204 g/mol. The Morgan fingerprint density at radius 3 is 2.80 bits per heavy atom. The van der Waals surface area contributed by atoms with Crippen LogP contribution in [0.1, 0.15) is 16.2 Å². The third-order valence-corrected chi connectivity index (χ3v) is 1.98. The lowest BCUT2D eigenvalue weighted by molar-refractivity contribution is -0.114. The van der Waals surface area contributed by atoms with Crippen molar-refractivity contribution in [1.82, 2.24) is 4.98 Å². The van der Waals surface area contributed by atoms with E-state index >= 15 is 0 Å². The van der Waals surface area contributed by atoms with Crippen molar-refractivity contribution in [2.45, 2.75) is 6.92 Å². The summed E-state index contributed by atoms with van der Waals surface area (Å²) < 4.78 is 5.22. The van der Waals surface area contributed by atoms with Crippen molar-refractivity contribution < 1.29 is 14.0 Å². The highest BCUT2D eigenvalue weighted by molar-refractivity contribution is 6.42. The van der Waals surface area contributed by atoms with Gasteiger partial charge in [-0.1, -0.05) is 0 Å². The molecule has 0 saturated carbocycles. The lowest BCUT2D eigenvalue weighted by atomic mass is 10.1. The summed E-state index contributed by atoms with van der Waals surface area (Å²) in [7, 11) is 0. The number of Topliss-reactive ketones (excluding diaryl/α,β-unsaturated/α-hetero) is 1. The molecule has 2 rings (SSSR count). The fourth-order valence-corrected chi connectivity index (χ4v) is 1.33. The van der Waals surface area contributed by atoms with E-state index in [4.69, 9.17) is 10.2 Å². The maximum Gasteiger partial charge on any atom is 0.289 e. The molecule has 1 aromatic heterocycles. The van der Waals surface area contributed by atoms with Gasteiger partial charge in [-0.25, -0.2) is 4.98 Å². The fourth-order valence-electron chi connectivity index (χ4n) is 1.33. The molecule has 2 aromatic rings.